The van der Waals surface area contributed by atoms with Crippen LogP contribution >= 0.6 is 11.3 Å². The van der Waals surface area contributed by atoms with E-state index in [2.05, 4.69) is 16.4 Å². The summed E-state index contributed by atoms with van der Waals surface area (Å²) in [5.41, 5.74) is 3.27. The molecule has 0 saturated heterocycles. The molecule has 0 aliphatic carbocycles. The SMILES string of the molecule is Cc1c(O)c(=O)ccn1CCCCCCC(=O)Nc1ccc(Cc2nc3ccccc3s2)cc1. The molecule has 34 heavy (non-hydrogen) atoms. The first-order valence-electron chi connectivity index (χ1n) is 11.6. The van der Waals surface area contributed by atoms with Crippen LogP contribution in [-0.2, 0) is 17.8 Å². The second-order valence-electron chi connectivity index (χ2n) is 8.47. The third kappa shape index (κ3) is 6.11. The summed E-state index contributed by atoms with van der Waals surface area (Å²) in [6.45, 7) is 2.49. The number of aromatic hydroxyl groups is 1. The Balaban J connectivity index is 1.16. The van der Waals surface area contributed by atoms with E-state index >= 15 is 0 Å². The van der Waals surface area contributed by atoms with Crippen LogP contribution in [0.15, 0.2) is 65.6 Å². The lowest BCUT2D eigenvalue weighted by Crippen LogP contribution is -2.11. The normalized spacial score (nSPS) is 11.1. The number of carbonyl (C=O) groups is 1. The molecule has 0 atom stereocenters. The number of hydrogen-bond donors (Lipinski definition) is 2. The van der Waals surface area contributed by atoms with Crippen molar-refractivity contribution in [3.05, 3.63) is 87.3 Å². The quantitative estimate of drug-likeness (QED) is 0.290. The van der Waals surface area contributed by atoms with Gasteiger partial charge in [0.2, 0.25) is 11.3 Å². The van der Waals surface area contributed by atoms with Gasteiger partial charge in [0.15, 0.2) is 5.75 Å². The molecule has 0 fully saturated rings. The molecule has 2 heterocycles. The van der Waals surface area contributed by atoms with Crippen LogP contribution in [0.5, 0.6) is 5.75 Å². The number of fused-ring (bicyclic) bond motifs is 1. The van der Waals surface area contributed by atoms with Crippen LogP contribution in [0, 0.1) is 6.92 Å². The van der Waals surface area contributed by atoms with Crippen molar-refractivity contribution in [2.24, 2.45) is 0 Å². The number of amides is 1. The molecule has 0 unspecified atom stereocenters. The summed E-state index contributed by atoms with van der Waals surface area (Å²) >= 11 is 1.72. The Kier molecular flexibility index (Phi) is 7.75. The number of nitrogens with one attached hydrogen (secondary N) is 1. The summed E-state index contributed by atoms with van der Waals surface area (Å²) in [7, 11) is 0. The van der Waals surface area contributed by atoms with Gasteiger partial charge < -0.3 is 15.0 Å². The summed E-state index contributed by atoms with van der Waals surface area (Å²) < 4.78 is 3.09. The average molecular weight is 476 g/mol. The molecular weight excluding hydrogens is 446 g/mol. The van der Waals surface area contributed by atoms with Crippen molar-refractivity contribution in [2.75, 3.05) is 5.32 Å². The van der Waals surface area contributed by atoms with Gasteiger partial charge in [-0.15, -0.1) is 11.3 Å². The van der Waals surface area contributed by atoms with Crippen molar-refractivity contribution < 1.29 is 9.90 Å². The molecule has 2 aromatic heterocycles. The van der Waals surface area contributed by atoms with Gasteiger partial charge in [0, 0.05) is 37.3 Å². The monoisotopic (exact) mass is 475 g/mol. The van der Waals surface area contributed by atoms with E-state index in [0.717, 1.165) is 54.9 Å². The number of hydrogen-bond acceptors (Lipinski definition) is 5. The molecule has 176 valence electrons. The van der Waals surface area contributed by atoms with E-state index in [4.69, 9.17) is 0 Å². The minimum absolute atomic E-state index is 0.0279. The Morgan fingerprint density at radius 2 is 1.79 bits per heavy atom. The van der Waals surface area contributed by atoms with E-state index in [9.17, 15) is 14.7 Å². The number of unbranched alkanes of at least 4 members (excludes halogenated alkanes) is 3. The Labute approximate surface area is 202 Å². The zero-order chi connectivity index (χ0) is 23.9. The van der Waals surface area contributed by atoms with E-state index in [1.54, 1.807) is 24.5 Å². The highest BCUT2D eigenvalue weighted by Crippen LogP contribution is 2.24. The van der Waals surface area contributed by atoms with Crippen LogP contribution in [0.3, 0.4) is 0 Å². The average Bonchev–Trinajstić information content (AvgIpc) is 3.24. The van der Waals surface area contributed by atoms with E-state index < -0.39 is 0 Å². The van der Waals surface area contributed by atoms with Gasteiger partial charge in [-0.2, -0.15) is 0 Å². The number of carbonyl (C=O) groups excluding carboxylic acids is 1. The maximum Gasteiger partial charge on any atom is 0.224 e. The Hall–Kier alpha value is -3.45. The fourth-order valence-corrected chi connectivity index (χ4v) is 4.93. The highest BCUT2D eigenvalue weighted by atomic mass is 32.1. The zero-order valence-corrected chi connectivity index (χ0v) is 20.1. The molecule has 6 nitrogen and oxygen atoms in total. The third-order valence-corrected chi connectivity index (χ3v) is 6.93. The van der Waals surface area contributed by atoms with Crippen molar-refractivity contribution in [3.63, 3.8) is 0 Å². The van der Waals surface area contributed by atoms with Crippen LogP contribution in [0.4, 0.5) is 5.69 Å². The number of para-hydroxylation sites is 1. The largest absolute Gasteiger partial charge is 0.503 e. The first-order valence-corrected chi connectivity index (χ1v) is 12.4. The Morgan fingerprint density at radius 1 is 1.03 bits per heavy atom. The third-order valence-electron chi connectivity index (χ3n) is 5.90. The standard InChI is InChI=1S/C27H29N3O3S/c1-19-27(33)23(31)15-17-30(19)16-7-3-2-4-10-25(32)28-21-13-11-20(12-14-21)18-26-29-22-8-5-6-9-24(22)34-26/h5-6,8-9,11-15,17,33H,2-4,7,10,16,18H2,1H3,(H,28,32). The minimum atomic E-state index is -0.345. The number of nitrogens with zero attached hydrogens (tertiary/aromatic N) is 2. The molecule has 1 amide bonds. The van der Waals surface area contributed by atoms with Gasteiger partial charge in [0.05, 0.1) is 20.9 Å². The van der Waals surface area contributed by atoms with Gasteiger partial charge >= 0.3 is 0 Å². The smallest absolute Gasteiger partial charge is 0.224 e. The molecule has 4 aromatic rings. The first-order chi connectivity index (χ1) is 16.5. The summed E-state index contributed by atoms with van der Waals surface area (Å²) in [5.74, 6) is -0.149. The van der Waals surface area contributed by atoms with Crippen LogP contribution in [0.25, 0.3) is 10.2 Å². The molecule has 0 bridgehead atoms. The molecule has 7 heteroatoms. The second kappa shape index (κ2) is 11.1. The van der Waals surface area contributed by atoms with Crippen molar-refractivity contribution in [1.29, 1.82) is 0 Å². The first kappa shape index (κ1) is 23.7. The fraction of sp³-hybridized carbons (Fsp3) is 0.296. The maximum absolute atomic E-state index is 12.3. The maximum atomic E-state index is 12.3. The molecule has 2 N–H and O–H groups in total. The number of pyridine rings is 1. The summed E-state index contributed by atoms with van der Waals surface area (Å²) in [6.07, 6.45) is 6.70. The Morgan fingerprint density at radius 3 is 2.59 bits per heavy atom. The summed E-state index contributed by atoms with van der Waals surface area (Å²) in [6, 6.07) is 17.5. The predicted molar refractivity (Wildman–Crippen MR) is 138 cm³/mol. The van der Waals surface area contributed by atoms with Gasteiger partial charge in [-0.25, -0.2) is 4.98 Å². The molecule has 0 radical (unpaired) electrons. The minimum Gasteiger partial charge on any atom is -0.503 e. The van der Waals surface area contributed by atoms with Gasteiger partial charge in [0.1, 0.15) is 0 Å². The number of thiazole rings is 1. The van der Waals surface area contributed by atoms with Gasteiger partial charge in [-0.3, -0.25) is 9.59 Å². The van der Waals surface area contributed by atoms with Crippen LogP contribution in [0.2, 0.25) is 0 Å². The predicted octanol–water partition coefficient (Wildman–Crippen LogP) is 5.65. The molecule has 0 spiro atoms. The topological polar surface area (TPSA) is 84.2 Å². The van der Waals surface area contributed by atoms with Crippen molar-refractivity contribution in [3.8, 4) is 5.75 Å². The second-order valence-corrected chi connectivity index (χ2v) is 9.58. The number of benzene rings is 2. The van der Waals surface area contributed by atoms with Gasteiger partial charge in [-0.05, 0) is 49.6 Å². The molecule has 0 aliphatic rings. The zero-order valence-electron chi connectivity index (χ0n) is 19.3. The van der Waals surface area contributed by atoms with Crippen LogP contribution in [-0.4, -0.2) is 20.6 Å². The number of aromatic nitrogens is 2. The highest BCUT2D eigenvalue weighted by molar-refractivity contribution is 7.18. The number of rotatable bonds is 10. The van der Waals surface area contributed by atoms with E-state index in [-0.39, 0.29) is 17.1 Å². The van der Waals surface area contributed by atoms with E-state index in [1.165, 1.54) is 16.3 Å². The molecular formula is C27H29N3O3S. The van der Waals surface area contributed by atoms with E-state index in [0.29, 0.717) is 12.1 Å². The van der Waals surface area contributed by atoms with Crippen molar-refractivity contribution in [2.45, 2.75) is 52.0 Å². The molecule has 0 saturated carbocycles. The summed E-state index contributed by atoms with van der Waals surface area (Å²) in [4.78, 5) is 28.4. The fourth-order valence-electron chi connectivity index (χ4n) is 3.93. The molecule has 0 aliphatic heterocycles. The summed E-state index contributed by atoms with van der Waals surface area (Å²) in [5, 5.41) is 13.8. The van der Waals surface area contributed by atoms with Crippen molar-refractivity contribution >= 4 is 33.1 Å². The lowest BCUT2D eigenvalue weighted by atomic mass is 10.1. The highest BCUT2D eigenvalue weighted by Gasteiger charge is 2.07. The van der Waals surface area contributed by atoms with Crippen LogP contribution in [0.1, 0.15) is 48.4 Å². The Bertz CT molecular complexity index is 1290. The van der Waals surface area contributed by atoms with Crippen LogP contribution < -0.4 is 10.7 Å². The molecule has 4 rings (SSSR count). The lowest BCUT2D eigenvalue weighted by molar-refractivity contribution is -0.116. The number of aryl methyl sites for hydroxylation is 1. The lowest BCUT2D eigenvalue weighted by Gasteiger charge is -2.11. The number of anilines is 1. The molecule has 2 aromatic carbocycles. The van der Waals surface area contributed by atoms with Crippen molar-refractivity contribution in [1.82, 2.24) is 9.55 Å². The van der Waals surface area contributed by atoms with Gasteiger partial charge in [0.25, 0.3) is 0 Å². The van der Waals surface area contributed by atoms with Gasteiger partial charge in [-0.1, -0.05) is 37.1 Å². The van der Waals surface area contributed by atoms with E-state index in [1.807, 2.05) is 47.0 Å².